The SMILES string of the molecule is CCCCCCC/C=C\C/C=C\CCCCCCCCCCCC(=O)OC(COC(=O)CCCCCCCCCCCCCCCCCCCCCC)COP(=O)(O)OCCN. The van der Waals surface area contributed by atoms with Crippen molar-refractivity contribution in [2.45, 2.75) is 270 Å². The molecule has 9 nitrogen and oxygen atoms in total. The Kier molecular flexibility index (Phi) is 47.7. The summed E-state index contributed by atoms with van der Waals surface area (Å²) in [6.07, 6.45) is 55.0. The molecule has 0 aromatic carbocycles. The van der Waals surface area contributed by atoms with Crippen LogP contribution in [0.5, 0.6) is 0 Å². The number of allylic oxidation sites excluding steroid dienone is 4. The van der Waals surface area contributed by atoms with Crippen LogP contribution in [-0.2, 0) is 32.7 Å². The van der Waals surface area contributed by atoms with Gasteiger partial charge in [0.2, 0.25) is 0 Å². The zero-order valence-corrected chi connectivity index (χ0v) is 41.5. The van der Waals surface area contributed by atoms with Crippen LogP contribution in [0.2, 0.25) is 0 Å². The van der Waals surface area contributed by atoms with E-state index < -0.39 is 26.5 Å². The molecule has 0 saturated heterocycles. The van der Waals surface area contributed by atoms with E-state index in [0.717, 1.165) is 51.4 Å². The Balaban J connectivity index is 4.01. The first-order chi connectivity index (χ1) is 30.3. The molecule has 0 saturated carbocycles. The Morgan fingerprint density at radius 1 is 0.484 bits per heavy atom. The molecule has 0 aromatic rings. The molecule has 2 unspecified atom stereocenters. The van der Waals surface area contributed by atoms with Crippen molar-refractivity contribution in [3.63, 3.8) is 0 Å². The van der Waals surface area contributed by atoms with Crippen molar-refractivity contribution >= 4 is 19.8 Å². The lowest BCUT2D eigenvalue weighted by Crippen LogP contribution is -2.29. The van der Waals surface area contributed by atoms with Crippen molar-refractivity contribution in [1.82, 2.24) is 0 Å². The molecule has 0 bridgehead atoms. The number of phosphoric acid groups is 1. The Hall–Kier alpha value is -1.51. The van der Waals surface area contributed by atoms with Crippen LogP contribution >= 0.6 is 7.82 Å². The number of esters is 2. The summed E-state index contributed by atoms with van der Waals surface area (Å²) in [5.74, 6) is -0.818. The van der Waals surface area contributed by atoms with Gasteiger partial charge in [-0.2, -0.15) is 0 Å². The van der Waals surface area contributed by atoms with Gasteiger partial charge in [0.25, 0.3) is 0 Å². The lowest BCUT2D eigenvalue weighted by molar-refractivity contribution is -0.161. The number of carbonyl (C=O) groups is 2. The fourth-order valence-corrected chi connectivity index (χ4v) is 8.43. The fourth-order valence-electron chi connectivity index (χ4n) is 7.67. The van der Waals surface area contributed by atoms with Crippen LogP contribution in [-0.4, -0.2) is 49.3 Å². The molecule has 0 heterocycles. The highest BCUT2D eigenvalue weighted by atomic mass is 31.2. The van der Waals surface area contributed by atoms with E-state index in [2.05, 4.69) is 38.2 Å². The van der Waals surface area contributed by atoms with Crippen LogP contribution in [0.1, 0.15) is 264 Å². The van der Waals surface area contributed by atoms with Crippen LogP contribution in [0, 0.1) is 0 Å². The van der Waals surface area contributed by atoms with Gasteiger partial charge in [0.05, 0.1) is 13.2 Å². The van der Waals surface area contributed by atoms with E-state index in [1.54, 1.807) is 0 Å². The molecule has 0 aromatic heterocycles. The molecule has 0 radical (unpaired) electrons. The monoisotopic (exact) mass is 898 g/mol. The molecule has 0 aliphatic carbocycles. The van der Waals surface area contributed by atoms with Crippen molar-refractivity contribution in [3.8, 4) is 0 Å². The van der Waals surface area contributed by atoms with Gasteiger partial charge < -0.3 is 20.1 Å². The quantitative estimate of drug-likeness (QED) is 0.0265. The van der Waals surface area contributed by atoms with Crippen molar-refractivity contribution in [2.75, 3.05) is 26.4 Å². The molecule has 62 heavy (non-hydrogen) atoms. The minimum atomic E-state index is -4.38. The standard InChI is InChI=1S/C52H100NO8P/c1-3-5-7-9-11-13-15-17-19-21-23-25-27-29-31-33-35-37-39-41-43-45-52(55)61-50(49-60-62(56,57)59-47-46-53)48-58-51(54)44-42-40-38-36-34-32-30-28-26-24-22-20-18-16-14-12-10-8-6-4-2/h15,17,21,23,50H,3-14,16,18-20,22,24-49,53H2,1-2H3,(H,56,57)/b17-15-,23-21-. The zero-order valence-electron chi connectivity index (χ0n) is 40.6. The van der Waals surface area contributed by atoms with Crippen molar-refractivity contribution in [3.05, 3.63) is 24.3 Å². The first kappa shape index (κ1) is 60.5. The van der Waals surface area contributed by atoms with Crippen LogP contribution in [0.15, 0.2) is 24.3 Å². The maximum Gasteiger partial charge on any atom is 0.472 e. The third-order valence-corrected chi connectivity index (χ3v) is 12.6. The minimum Gasteiger partial charge on any atom is -0.462 e. The summed E-state index contributed by atoms with van der Waals surface area (Å²) in [4.78, 5) is 35.1. The lowest BCUT2D eigenvalue weighted by atomic mass is 10.0. The van der Waals surface area contributed by atoms with E-state index >= 15 is 0 Å². The molecule has 0 amide bonds. The lowest BCUT2D eigenvalue weighted by Gasteiger charge is -2.19. The van der Waals surface area contributed by atoms with Crippen molar-refractivity contribution in [2.24, 2.45) is 5.73 Å². The Morgan fingerprint density at radius 3 is 1.23 bits per heavy atom. The van der Waals surface area contributed by atoms with Gasteiger partial charge in [-0.25, -0.2) is 4.57 Å². The molecule has 0 aliphatic heterocycles. The summed E-state index contributed by atoms with van der Waals surface area (Å²) >= 11 is 0. The average molecular weight is 898 g/mol. The second-order valence-corrected chi connectivity index (χ2v) is 19.2. The summed E-state index contributed by atoms with van der Waals surface area (Å²) < 4.78 is 33.0. The Labute approximate surface area is 382 Å². The van der Waals surface area contributed by atoms with E-state index in [1.807, 2.05) is 0 Å². The highest BCUT2D eigenvalue weighted by Crippen LogP contribution is 2.43. The second-order valence-electron chi connectivity index (χ2n) is 17.8. The van der Waals surface area contributed by atoms with Crippen LogP contribution < -0.4 is 5.73 Å². The van der Waals surface area contributed by atoms with Crippen LogP contribution in [0.3, 0.4) is 0 Å². The molecular formula is C52H100NO8P. The molecule has 0 rings (SSSR count). The van der Waals surface area contributed by atoms with E-state index in [1.165, 1.54) is 180 Å². The second kappa shape index (κ2) is 48.9. The van der Waals surface area contributed by atoms with Gasteiger partial charge in [-0.3, -0.25) is 18.6 Å². The molecular weight excluding hydrogens is 798 g/mol. The smallest absolute Gasteiger partial charge is 0.462 e. The number of carbonyl (C=O) groups excluding carboxylic acids is 2. The van der Waals surface area contributed by atoms with Gasteiger partial charge in [-0.1, -0.05) is 231 Å². The van der Waals surface area contributed by atoms with Gasteiger partial charge in [-0.05, 0) is 44.9 Å². The number of nitrogens with two attached hydrogens (primary N) is 1. The van der Waals surface area contributed by atoms with E-state index in [4.69, 9.17) is 24.3 Å². The predicted octanol–water partition coefficient (Wildman–Crippen LogP) is 15.9. The summed E-state index contributed by atoms with van der Waals surface area (Å²) in [6.45, 7) is 3.77. The van der Waals surface area contributed by atoms with E-state index in [-0.39, 0.29) is 38.6 Å². The van der Waals surface area contributed by atoms with Gasteiger partial charge in [-0.15, -0.1) is 0 Å². The summed E-state index contributed by atoms with van der Waals surface area (Å²) in [7, 11) is -4.38. The molecule has 2 atom stereocenters. The van der Waals surface area contributed by atoms with E-state index in [0.29, 0.717) is 6.42 Å². The molecule has 0 spiro atoms. The molecule has 10 heteroatoms. The normalized spacial score (nSPS) is 13.3. The number of hydrogen-bond donors (Lipinski definition) is 2. The van der Waals surface area contributed by atoms with Gasteiger partial charge in [0, 0.05) is 19.4 Å². The summed E-state index contributed by atoms with van der Waals surface area (Å²) in [5.41, 5.74) is 5.37. The minimum absolute atomic E-state index is 0.0547. The third kappa shape index (κ3) is 48.0. The van der Waals surface area contributed by atoms with Crippen LogP contribution in [0.25, 0.3) is 0 Å². The van der Waals surface area contributed by atoms with Crippen LogP contribution in [0.4, 0.5) is 0 Å². The highest BCUT2D eigenvalue weighted by molar-refractivity contribution is 7.47. The zero-order chi connectivity index (χ0) is 45.3. The number of ether oxygens (including phenoxy) is 2. The van der Waals surface area contributed by atoms with Crippen molar-refractivity contribution in [1.29, 1.82) is 0 Å². The predicted molar refractivity (Wildman–Crippen MR) is 261 cm³/mol. The average Bonchev–Trinajstić information content (AvgIpc) is 3.26. The number of phosphoric ester groups is 1. The van der Waals surface area contributed by atoms with Gasteiger partial charge in [0.1, 0.15) is 6.61 Å². The highest BCUT2D eigenvalue weighted by Gasteiger charge is 2.26. The van der Waals surface area contributed by atoms with Gasteiger partial charge >= 0.3 is 19.8 Å². The first-order valence-electron chi connectivity index (χ1n) is 26.3. The third-order valence-electron chi connectivity index (χ3n) is 11.6. The topological polar surface area (TPSA) is 134 Å². The van der Waals surface area contributed by atoms with Gasteiger partial charge in [0.15, 0.2) is 6.10 Å². The Morgan fingerprint density at radius 2 is 0.839 bits per heavy atom. The van der Waals surface area contributed by atoms with E-state index in [9.17, 15) is 19.0 Å². The summed E-state index contributed by atoms with van der Waals surface area (Å²) in [6, 6.07) is 0. The number of hydrogen-bond acceptors (Lipinski definition) is 8. The molecule has 0 fully saturated rings. The number of unbranched alkanes of at least 4 members (excludes halogenated alkanes) is 33. The van der Waals surface area contributed by atoms with Crippen molar-refractivity contribution < 1.29 is 37.6 Å². The first-order valence-corrected chi connectivity index (χ1v) is 27.8. The maximum absolute atomic E-state index is 12.7. The summed E-state index contributed by atoms with van der Waals surface area (Å²) in [5, 5.41) is 0. The molecule has 3 N–H and O–H groups in total. The maximum atomic E-state index is 12.7. The largest absolute Gasteiger partial charge is 0.472 e. The molecule has 0 aliphatic rings. The molecule has 366 valence electrons. The fraction of sp³-hybridized carbons (Fsp3) is 0.885. The Bertz CT molecular complexity index is 1070. The number of rotatable bonds is 50.